The van der Waals surface area contributed by atoms with E-state index in [4.69, 9.17) is 11.6 Å². The van der Waals surface area contributed by atoms with Gasteiger partial charge in [-0.3, -0.25) is 10.2 Å². The third kappa shape index (κ3) is 2.20. The van der Waals surface area contributed by atoms with Crippen molar-refractivity contribution in [1.29, 1.82) is 0 Å². The van der Waals surface area contributed by atoms with Crippen LogP contribution in [0.5, 0.6) is 0 Å². The zero-order valence-corrected chi connectivity index (χ0v) is 14.5. The second-order valence-corrected chi connectivity index (χ2v) is 8.69. The zero-order valence-electron chi connectivity index (χ0n) is 12.9. The van der Waals surface area contributed by atoms with Crippen LogP contribution in [0.4, 0.5) is 5.69 Å². The summed E-state index contributed by atoms with van der Waals surface area (Å²) in [5.41, 5.74) is 5.20. The maximum absolute atomic E-state index is 13.0. The summed E-state index contributed by atoms with van der Waals surface area (Å²) in [5.74, 6) is -0.661. The van der Waals surface area contributed by atoms with Crippen molar-refractivity contribution in [3.63, 3.8) is 0 Å². The van der Waals surface area contributed by atoms with E-state index in [9.17, 15) is 13.2 Å². The number of anilines is 1. The van der Waals surface area contributed by atoms with Gasteiger partial charge in [0.1, 0.15) is 0 Å². The lowest BCUT2D eigenvalue weighted by atomic mass is 9.93. The fourth-order valence-corrected chi connectivity index (χ4v) is 5.51. The Balaban J connectivity index is 2.12. The predicted molar refractivity (Wildman–Crippen MR) is 90.7 cm³/mol. The molecule has 2 aliphatic heterocycles. The number of rotatable bonds is 1. The third-order valence-electron chi connectivity index (χ3n) is 4.53. The molecule has 0 aliphatic carbocycles. The Hall–Kier alpha value is -1.79. The number of carbonyl (C=O) groups is 1. The number of hydrogen-bond acceptors (Lipinski definition) is 4. The molecule has 1 saturated heterocycles. The van der Waals surface area contributed by atoms with Crippen molar-refractivity contribution in [2.45, 2.75) is 25.0 Å². The summed E-state index contributed by atoms with van der Waals surface area (Å²) in [6.45, 7) is 7.46. The number of carbonyl (C=O) groups excluding carboxylic acids is 1. The Bertz CT molecular complexity index is 860. The summed E-state index contributed by atoms with van der Waals surface area (Å²) >= 11 is 5.97. The quantitative estimate of drug-likeness (QED) is 0.789. The number of halogens is 1. The lowest BCUT2D eigenvalue weighted by Crippen LogP contribution is -2.51. The first-order valence-corrected chi connectivity index (χ1v) is 9.16. The van der Waals surface area contributed by atoms with Gasteiger partial charge in [0.15, 0.2) is 14.6 Å². The lowest BCUT2D eigenvalue weighted by molar-refractivity contribution is -0.119. The first kappa shape index (κ1) is 16.1. The molecule has 1 aromatic carbocycles. The van der Waals surface area contributed by atoms with E-state index >= 15 is 0 Å². The summed E-state index contributed by atoms with van der Waals surface area (Å²) in [7, 11) is -3.70. The van der Waals surface area contributed by atoms with Gasteiger partial charge < -0.3 is 0 Å². The molecular weight excluding hydrogens is 336 g/mol. The molecule has 23 heavy (non-hydrogen) atoms. The molecule has 2 heterocycles. The first-order chi connectivity index (χ1) is 10.7. The van der Waals surface area contributed by atoms with E-state index in [1.807, 2.05) is 6.92 Å². The molecular formula is C16H17ClN2O3S. The van der Waals surface area contributed by atoms with E-state index in [-0.39, 0.29) is 17.9 Å². The number of benzene rings is 1. The average Bonchev–Trinajstić information content (AvgIpc) is 2.71. The topological polar surface area (TPSA) is 66.5 Å². The van der Waals surface area contributed by atoms with Crippen LogP contribution in [-0.2, 0) is 14.6 Å². The van der Waals surface area contributed by atoms with Crippen molar-refractivity contribution in [2.75, 3.05) is 10.8 Å². The second kappa shape index (κ2) is 5.11. The maximum Gasteiger partial charge on any atom is 0.273 e. The molecule has 5 nitrogen and oxygen atoms in total. The molecule has 0 bridgehead atoms. The standard InChI is InChI=1S/C16H17ClN2O3S/c1-10-8-16(23(21,22)9-11(10)2)12(3)18-19(15(16)20)14-6-4-5-13(17)7-14/h4-7,18H,3,8-9H2,1-2H3/t16-/m1/s1. The summed E-state index contributed by atoms with van der Waals surface area (Å²) in [4.78, 5) is 13.0. The molecule has 0 saturated carbocycles. The molecule has 0 unspecified atom stereocenters. The van der Waals surface area contributed by atoms with Crippen LogP contribution < -0.4 is 10.4 Å². The predicted octanol–water partition coefficient (Wildman–Crippen LogP) is 2.60. The van der Waals surface area contributed by atoms with Gasteiger partial charge in [0, 0.05) is 11.4 Å². The van der Waals surface area contributed by atoms with E-state index in [1.165, 1.54) is 5.01 Å². The van der Waals surface area contributed by atoms with Gasteiger partial charge in [0.05, 0.1) is 17.1 Å². The monoisotopic (exact) mass is 352 g/mol. The average molecular weight is 353 g/mol. The van der Waals surface area contributed by atoms with Crippen LogP contribution in [0.2, 0.25) is 5.02 Å². The van der Waals surface area contributed by atoms with Gasteiger partial charge in [0.2, 0.25) is 0 Å². The zero-order chi connectivity index (χ0) is 17.0. The van der Waals surface area contributed by atoms with Crippen molar-refractivity contribution in [1.82, 2.24) is 5.43 Å². The highest BCUT2D eigenvalue weighted by molar-refractivity contribution is 7.94. The Labute approximate surface area is 140 Å². The van der Waals surface area contributed by atoms with Gasteiger partial charge in [-0.15, -0.1) is 0 Å². The number of hydrogen-bond donors (Lipinski definition) is 1. The maximum atomic E-state index is 13.0. The van der Waals surface area contributed by atoms with Crippen molar-refractivity contribution in [3.8, 4) is 0 Å². The second-order valence-electron chi connectivity index (χ2n) is 6.03. The van der Waals surface area contributed by atoms with E-state index < -0.39 is 20.5 Å². The normalized spacial score (nSPS) is 26.8. The van der Waals surface area contributed by atoms with Crippen LogP contribution in [0.1, 0.15) is 20.3 Å². The first-order valence-electron chi connectivity index (χ1n) is 7.13. The smallest absolute Gasteiger partial charge is 0.273 e. The van der Waals surface area contributed by atoms with E-state index in [0.29, 0.717) is 10.7 Å². The van der Waals surface area contributed by atoms with Crippen LogP contribution in [-0.4, -0.2) is 24.8 Å². The highest BCUT2D eigenvalue weighted by atomic mass is 35.5. The summed E-state index contributed by atoms with van der Waals surface area (Å²) in [5, 5.41) is 1.68. The minimum absolute atomic E-state index is 0.128. The lowest BCUT2D eigenvalue weighted by Gasteiger charge is -2.32. The van der Waals surface area contributed by atoms with Gasteiger partial charge in [-0.25, -0.2) is 13.4 Å². The van der Waals surface area contributed by atoms with Crippen LogP contribution in [0.15, 0.2) is 47.7 Å². The number of nitrogens with zero attached hydrogens (tertiary/aromatic N) is 1. The van der Waals surface area contributed by atoms with Crippen LogP contribution >= 0.6 is 11.6 Å². The van der Waals surface area contributed by atoms with Crippen LogP contribution in [0.3, 0.4) is 0 Å². The van der Waals surface area contributed by atoms with Gasteiger partial charge in [-0.2, -0.15) is 0 Å². The third-order valence-corrected chi connectivity index (χ3v) is 7.20. The Morgan fingerprint density at radius 2 is 2.00 bits per heavy atom. The number of hydrazine groups is 1. The molecule has 2 aliphatic rings. The molecule has 122 valence electrons. The van der Waals surface area contributed by atoms with Crippen molar-refractivity contribution >= 4 is 33.0 Å². The Kier molecular flexibility index (Phi) is 3.57. The fraction of sp³-hybridized carbons (Fsp3) is 0.312. The van der Waals surface area contributed by atoms with Crippen LogP contribution in [0.25, 0.3) is 0 Å². The minimum atomic E-state index is -3.70. The Morgan fingerprint density at radius 3 is 2.65 bits per heavy atom. The number of nitrogens with one attached hydrogen (secondary N) is 1. The molecule has 1 atom stereocenters. The highest BCUT2D eigenvalue weighted by Gasteiger charge is 2.61. The molecule has 1 aromatic rings. The molecule has 1 fully saturated rings. The Morgan fingerprint density at radius 1 is 1.30 bits per heavy atom. The van der Waals surface area contributed by atoms with Gasteiger partial charge in [0.25, 0.3) is 5.91 Å². The molecule has 0 aromatic heterocycles. The molecule has 1 N–H and O–H groups in total. The number of allylic oxidation sites excluding steroid dienone is 1. The fourth-order valence-electron chi connectivity index (χ4n) is 3.05. The summed E-state index contributed by atoms with van der Waals surface area (Å²) < 4.78 is 24.0. The molecule has 7 heteroatoms. The number of sulfone groups is 1. The molecule has 0 radical (unpaired) electrons. The molecule has 1 amide bonds. The van der Waals surface area contributed by atoms with E-state index in [1.54, 1.807) is 31.2 Å². The van der Waals surface area contributed by atoms with Gasteiger partial charge >= 0.3 is 0 Å². The van der Waals surface area contributed by atoms with Gasteiger partial charge in [-0.1, -0.05) is 35.4 Å². The van der Waals surface area contributed by atoms with Crippen LogP contribution in [0, 0.1) is 0 Å². The molecule has 3 rings (SSSR count). The van der Waals surface area contributed by atoms with Crippen molar-refractivity contribution in [2.24, 2.45) is 0 Å². The van der Waals surface area contributed by atoms with E-state index in [2.05, 4.69) is 12.0 Å². The summed E-state index contributed by atoms with van der Waals surface area (Å²) in [6.07, 6.45) is 0.128. The number of amides is 1. The SMILES string of the molecule is C=C1NN(c2cccc(Cl)c2)C(=O)[C@@]12CC(C)=C(C)CS2(=O)=O. The summed E-state index contributed by atoms with van der Waals surface area (Å²) in [6, 6.07) is 6.67. The van der Waals surface area contributed by atoms with E-state index in [0.717, 1.165) is 11.1 Å². The molecule has 1 spiro atoms. The van der Waals surface area contributed by atoms with Gasteiger partial charge in [-0.05, 0) is 32.0 Å². The largest absolute Gasteiger partial charge is 0.294 e. The highest BCUT2D eigenvalue weighted by Crippen LogP contribution is 2.43. The van der Waals surface area contributed by atoms with Crippen molar-refractivity contribution in [3.05, 3.63) is 52.7 Å². The minimum Gasteiger partial charge on any atom is -0.294 e. The van der Waals surface area contributed by atoms with Crippen molar-refractivity contribution < 1.29 is 13.2 Å².